The largest absolute Gasteiger partial charge is 0.508 e. The second-order valence-corrected chi connectivity index (χ2v) is 9.03. The van der Waals surface area contributed by atoms with Gasteiger partial charge in [0, 0.05) is 11.5 Å². The Bertz CT molecular complexity index is 1260. The molecule has 0 radical (unpaired) electrons. The molecule has 0 spiro atoms. The standard InChI is InChI=1S/C23H24N2O10/c1-25(2)14-13-16(27)9-6-7-4-5-8(22(33)35-3)15(26)10(7)17(28)11(9)19(30)23(13,34)20(31)12(18(14)29)21(24)32/h4-5,9,13-14,16,26-28,31,34H,6H2,1-3H3,(H2,24,32)/t9?,13?,14-,16-,23?/m1/s1. The third-order valence-electron chi connectivity index (χ3n) is 7.08. The summed E-state index contributed by atoms with van der Waals surface area (Å²) in [5.74, 6) is -10.2. The molecule has 1 amide bonds. The number of likely N-dealkylation sites (N-methyl/N-ethyl adjacent to an activating group) is 1. The fraction of sp³-hybridized carbons (Fsp3) is 0.391. The molecule has 1 aromatic rings. The van der Waals surface area contributed by atoms with Gasteiger partial charge in [-0.2, -0.15) is 0 Å². The zero-order valence-electron chi connectivity index (χ0n) is 19.0. The summed E-state index contributed by atoms with van der Waals surface area (Å²) in [5.41, 5.74) is 0.432. The lowest BCUT2D eigenvalue weighted by Crippen LogP contribution is -2.70. The van der Waals surface area contributed by atoms with Crippen LogP contribution in [0.25, 0.3) is 5.76 Å². The van der Waals surface area contributed by atoms with Crippen LogP contribution < -0.4 is 5.73 Å². The summed E-state index contributed by atoms with van der Waals surface area (Å²) in [5, 5.41) is 55.3. The van der Waals surface area contributed by atoms with E-state index < -0.39 is 81.4 Å². The fourth-order valence-electron chi connectivity index (χ4n) is 5.51. The number of ketones is 2. The van der Waals surface area contributed by atoms with Crippen LogP contribution in [0.1, 0.15) is 21.5 Å². The molecule has 12 heteroatoms. The molecule has 3 aliphatic rings. The van der Waals surface area contributed by atoms with E-state index in [1.807, 2.05) is 0 Å². The van der Waals surface area contributed by atoms with Crippen molar-refractivity contribution in [3.63, 3.8) is 0 Å². The predicted molar refractivity (Wildman–Crippen MR) is 117 cm³/mol. The number of aliphatic hydroxyl groups excluding tert-OH is 3. The molecule has 0 aliphatic heterocycles. The van der Waals surface area contributed by atoms with Crippen molar-refractivity contribution in [2.24, 2.45) is 17.6 Å². The molecule has 1 fully saturated rings. The average Bonchev–Trinajstić information content (AvgIpc) is 2.78. The number of phenolic OH excluding ortho intramolecular Hbond substituents is 1. The van der Waals surface area contributed by atoms with E-state index in [1.165, 1.54) is 31.1 Å². The van der Waals surface area contributed by atoms with Gasteiger partial charge in [0.1, 0.15) is 28.4 Å². The first-order valence-corrected chi connectivity index (χ1v) is 10.6. The second kappa shape index (κ2) is 7.90. The molecule has 12 nitrogen and oxygen atoms in total. The van der Waals surface area contributed by atoms with Gasteiger partial charge in [-0.15, -0.1) is 0 Å². The summed E-state index contributed by atoms with van der Waals surface area (Å²) < 4.78 is 4.60. The normalized spacial score (nSPS) is 30.1. The SMILES string of the molecule is COC(=O)c1ccc2c(c1O)C(O)=C1C(=O)C3(O)C(O)=C(C(N)=O)C(=O)[C@H](N(C)C)C3[C@H](O)C1C2. The van der Waals surface area contributed by atoms with Crippen molar-refractivity contribution in [3.8, 4) is 5.75 Å². The number of nitrogens with two attached hydrogens (primary N) is 1. The van der Waals surface area contributed by atoms with E-state index in [9.17, 15) is 44.7 Å². The average molecular weight is 488 g/mol. The Morgan fingerprint density at radius 1 is 1.17 bits per heavy atom. The second-order valence-electron chi connectivity index (χ2n) is 9.03. The number of carbonyl (C=O) groups excluding carboxylic acids is 4. The van der Waals surface area contributed by atoms with E-state index in [1.54, 1.807) is 0 Å². The monoisotopic (exact) mass is 488 g/mol. The molecule has 0 saturated heterocycles. The highest BCUT2D eigenvalue weighted by atomic mass is 16.5. The van der Waals surface area contributed by atoms with Gasteiger partial charge in [-0.05, 0) is 32.1 Å². The molecule has 3 unspecified atom stereocenters. The minimum Gasteiger partial charge on any atom is -0.508 e. The molecule has 5 atom stereocenters. The van der Waals surface area contributed by atoms with E-state index in [2.05, 4.69) is 4.74 Å². The first-order chi connectivity index (χ1) is 16.3. The number of Topliss-reactive ketones (excluding diaryl/α,β-unsaturated/α-hetero) is 2. The molecule has 0 bridgehead atoms. The van der Waals surface area contributed by atoms with Crippen LogP contribution in [0.15, 0.2) is 29.0 Å². The third kappa shape index (κ3) is 3.03. The van der Waals surface area contributed by atoms with Gasteiger partial charge in [0.25, 0.3) is 5.91 Å². The molecule has 7 N–H and O–H groups in total. The number of aromatic hydroxyl groups is 1. The van der Waals surface area contributed by atoms with Crippen molar-refractivity contribution < 1.29 is 49.4 Å². The number of phenols is 1. The van der Waals surface area contributed by atoms with Crippen molar-refractivity contribution in [2.45, 2.75) is 24.2 Å². The highest BCUT2D eigenvalue weighted by Gasteiger charge is 2.67. The summed E-state index contributed by atoms with van der Waals surface area (Å²) in [6, 6.07) is 1.24. The zero-order chi connectivity index (χ0) is 26.1. The Morgan fingerprint density at radius 3 is 2.34 bits per heavy atom. The number of amides is 1. The smallest absolute Gasteiger partial charge is 0.341 e. The third-order valence-corrected chi connectivity index (χ3v) is 7.08. The molecule has 1 saturated carbocycles. The number of hydrogen-bond acceptors (Lipinski definition) is 11. The van der Waals surface area contributed by atoms with Crippen molar-refractivity contribution in [3.05, 3.63) is 45.7 Å². The van der Waals surface area contributed by atoms with Crippen LogP contribution in [0, 0.1) is 11.8 Å². The van der Waals surface area contributed by atoms with Crippen molar-refractivity contribution in [1.82, 2.24) is 4.90 Å². The Hall–Kier alpha value is -3.74. The van der Waals surface area contributed by atoms with Gasteiger partial charge in [-0.25, -0.2) is 4.79 Å². The molecule has 0 aromatic heterocycles. The predicted octanol–water partition coefficient (Wildman–Crippen LogP) is -1.28. The number of rotatable bonds is 3. The van der Waals surface area contributed by atoms with Gasteiger partial charge >= 0.3 is 5.97 Å². The lowest BCUT2D eigenvalue weighted by Gasteiger charge is -2.52. The van der Waals surface area contributed by atoms with Crippen molar-refractivity contribution >= 4 is 29.2 Å². The van der Waals surface area contributed by atoms with Gasteiger partial charge in [-0.1, -0.05) is 6.07 Å². The maximum atomic E-state index is 13.7. The number of ether oxygens (including phenoxy) is 1. The summed E-state index contributed by atoms with van der Waals surface area (Å²) in [4.78, 5) is 52.0. The first-order valence-electron chi connectivity index (χ1n) is 10.6. The van der Waals surface area contributed by atoms with Crippen LogP contribution in [0.2, 0.25) is 0 Å². The van der Waals surface area contributed by atoms with Crippen LogP contribution in [0.3, 0.4) is 0 Å². The number of hydrogen-bond donors (Lipinski definition) is 6. The van der Waals surface area contributed by atoms with Gasteiger partial charge in [-0.3, -0.25) is 19.3 Å². The van der Waals surface area contributed by atoms with Gasteiger partial charge in [0.2, 0.25) is 5.78 Å². The molecule has 186 valence electrons. The highest BCUT2D eigenvalue weighted by Crippen LogP contribution is 2.52. The van der Waals surface area contributed by atoms with Crippen LogP contribution in [0.4, 0.5) is 0 Å². The molecule has 35 heavy (non-hydrogen) atoms. The van der Waals surface area contributed by atoms with Crippen LogP contribution in [-0.2, 0) is 25.5 Å². The fourth-order valence-corrected chi connectivity index (χ4v) is 5.51. The van der Waals surface area contributed by atoms with Crippen LogP contribution >= 0.6 is 0 Å². The lowest BCUT2D eigenvalue weighted by molar-refractivity contribution is -0.168. The number of methoxy groups -OCH3 is 1. The molecule has 4 rings (SSSR count). The van der Waals surface area contributed by atoms with Gasteiger partial charge in [0.05, 0.1) is 30.7 Å². The number of aliphatic hydroxyl groups is 4. The summed E-state index contributed by atoms with van der Waals surface area (Å²) in [6.07, 6.45) is -1.79. The first kappa shape index (κ1) is 24.4. The van der Waals surface area contributed by atoms with Crippen LogP contribution in [0.5, 0.6) is 5.75 Å². The van der Waals surface area contributed by atoms with Gasteiger partial charge in [0.15, 0.2) is 11.4 Å². The van der Waals surface area contributed by atoms with Crippen molar-refractivity contribution in [1.29, 1.82) is 0 Å². The summed E-state index contributed by atoms with van der Waals surface area (Å²) in [6.45, 7) is 0. The Labute approximate surface area is 198 Å². The number of fused-ring (bicyclic) bond motifs is 3. The Balaban J connectivity index is 2.01. The molecular weight excluding hydrogens is 464 g/mol. The minimum atomic E-state index is -2.99. The number of benzene rings is 1. The Kier molecular flexibility index (Phi) is 5.51. The quantitative estimate of drug-likeness (QED) is 0.218. The molecule has 0 heterocycles. The Morgan fingerprint density at radius 2 is 1.80 bits per heavy atom. The number of carbonyl (C=O) groups is 4. The number of primary amides is 1. The van der Waals surface area contributed by atoms with Gasteiger partial charge < -0.3 is 36.0 Å². The maximum Gasteiger partial charge on any atom is 0.341 e. The van der Waals surface area contributed by atoms with E-state index in [0.29, 0.717) is 0 Å². The van der Waals surface area contributed by atoms with E-state index in [4.69, 9.17) is 5.73 Å². The molecule has 1 aromatic carbocycles. The van der Waals surface area contributed by atoms with E-state index >= 15 is 0 Å². The van der Waals surface area contributed by atoms with Crippen molar-refractivity contribution in [2.75, 3.05) is 21.2 Å². The van der Waals surface area contributed by atoms with Crippen LogP contribution in [-0.4, -0.2) is 92.8 Å². The van der Waals surface area contributed by atoms with E-state index in [-0.39, 0.29) is 23.1 Å². The molecular formula is C23H24N2O10. The minimum absolute atomic E-state index is 0.120. The zero-order valence-corrected chi connectivity index (χ0v) is 19.0. The summed E-state index contributed by atoms with van der Waals surface area (Å²) in [7, 11) is 3.93. The molecule has 3 aliphatic carbocycles. The topological polar surface area (TPSA) is 208 Å². The summed E-state index contributed by atoms with van der Waals surface area (Å²) >= 11 is 0. The van der Waals surface area contributed by atoms with E-state index in [0.717, 1.165) is 7.11 Å². The highest BCUT2D eigenvalue weighted by molar-refractivity contribution is 6.24. The maximum absolute atomic E-state index is 13.7. The lowest BCUT2D eigenvalue weighted by atomic mass is 9.56. The number of esters is 1. The number of nitrogens with zero attached hydrogens (tertiary/aromatic N) is 1.